The lowest BCUT2D eigenvalue weighted by atomic mass is 10.5. The fourth-order valence-corrected chi connectivity index (χ4v) is 19.8. The van der Waals surface area contributed by atoms with E-state index in [1.54, 1.807) is 0 Å². The fourth-order valence-electron chi connectivity index (χ4n) is 1.96. The minimum Gasteiger partial charge on any atom is -0.168 e. The molecule has 16 heteroatoms. The second-order valence-corrected chi connectivity index (χ2v) is 24.5. The molecule has 0 bridgehead atoms. The first kappa shape index (κ1) is 37.6. The maximum atomic E-state index is 4.51. The maximum absolute atomic E-state index is 4.51. The minimum absolute atomic E-state index is 0.410. The number of rotatable bonds is 24. The van der Waals surface area contributed by atoms with E-state index in [-0.39, 0.29) is 0 Å². The van der Waals surface area contributed by atoms with Gasteiger partial charge in [-0.3, -0.25) is 0 Å². The molecule has 0 radical (unpaired) electrons. The first-order valence-electron chi connectivity index (χ1n) is 9.35. The van der Waals surface area contributed by atoms with Crippen LogP contribution in [0.25, 0.3) is 0 Å². The fraction of sp³-hybridized carbons (Fsp3) is 1.00. The Hall–Kier alpha value is 5.60. The molecule has 0 rings (SSSR count). The average molecular weight is 740 g/mol. The Kier molecular flexibility index (Phi) is 33.1. The molecule has 0 aromatic rings. The van der Waals surface area contributed by atoms with Crippen molar-refractivity contribution in [2.75, 3.05) is 40.7 Å². The van der Waals surface area contributed by atoms with Crippen LogP contribution < -0.4 is 0 Å². The molecule has 0 spiro atoms. The van der Waals surface area contributed by atoms with E-state index in [1.807, 2.05) is 82.3 Å². The van der Waals surface area contributed by atoms with Crippen molar-refractivity contribution in [3.63, 3.8) is 0 Å². The summed E-state index contributed by atoms with van der Waals surface area (Å²) < 4.78 is 2.67. The second-order valence-electron chi connectivity index (χ2n) is 5.49. The van der Waals surface area contributed by atoms with Crippen molar-refractivity contribution in [2.24, 2.45) is 0 Å². The molecule has 4 atom stereocenters. The third kappa shape index (κ3) is 23.5. The van der Waals surface area contributed by atoms with E-state index in [4.69, 9.17) is 0 Å². The van der Waals surface area contributed by atoms with Crippen molar-refractivity contribution in [3.8, 4) is 0 Å². The van der Waals surface area contributed by atoms with Crippen molar-refractivity contribution < 1.29 is 0 Å². The molecule has 0 aliphatic carbocycles. The number of thiol groups is 6. The molecule has 0 heterocycles. The van der Waals surface area contributed by atoms with Gasteiger partial charge in [0.05, 0.1) is 18.3 Å². The highest BCUT2D eigenvalue weighted by molar-refractivity contribution is 8.30. The van der Waals surface area contributed by atoms with Crippen LogP contribution in [0.3, 0.4) is 0 Å². The molecule has 0 nitrogen and oxygen atoms in total. The zero-order valence-corrected chi connectivity index (χ0v) is 31.3. The summed E-state index contributed by atoms with van der Waals surface area (Å²) in [5.41, 5.74) is 0. The lowest BCUT2D eigenvalue weighted by Crippen LogP contribution is -2.11. The third-order valence-electron chi connectivity index (χ3n) is 3.31. The Morgan fingerprint density at radius 2 is 0.781 bits per heavy atom. The zero-order chi connectivity index (χ0) is 24.0. The van der Waals surface area contributed by atoms with Gasteiger partial charge >= 0.3 is 0 Å². The van der Waals surface area contributed by atoms with Crippen LogP contribution in [0, 0.1) is 0 Å². The largest absolute Gasteiger partial charge is 0.168 e. The summed E-state index contributed by atoms with van der Waals surface area (Å²) in [5, 5.41) is 7.66. The second kappa shape index (κ2) is 28.1. The Morgan fingerprint density at radius 3 is 1.12 bits per heavy atom. The molecule has 0 fully saturated rings. The van der Waals surface area contributed by atoms with Gasteiger partial charge in [-0.15, -0.1) is 118 Å². The monoisotopic (exact) mass is 738 g/mol. The molecule has 0 saturated heterocycles. The van der Waals surface area contributed by atoms with E-state index in [2.05, 4.69) is 118 Å². The lowest BCUT2D eigenvalue weighted by molar-refractivity contribution is 1.03. The minimum atomic E-state index is 0.410. The molecular formula is C16H34S16. The van der Waals surface area contributed by atoms with Gasteiger partial charge in [0.2, 0.25) is 0 Å². The molecule has 4 unspecified atom stereocenters. The first-order chi connectivity index (χ1) is 15.5. The summed E-state index contributed by atoms with van der Waals surface area (Å²) in [5.74, 6) is 0. The van der Waals surface area contributed by atoms with E-state index >= 15 is 0 Å². The Labute approximate surface area is 272 Å². The quantitative estimate of drug-likeness (QED) is 0.0320. The first-order valence-corrected chi connectivity index (χ1v) is 23.6. The van der Waals surface area contributed by atoms with Gasteiger partial charge in [-0.2, -0.15) is 75.8 Å². The van der Waals surface area contributed by atoms with Crippen molar-refractivity contribution in [2.45, 2.75) is 42.7 Å². The SMILES string of the molecule is CC(S)SCSCSC(CC(SCS)SCSC(CC(SCS)SCS)SCS)SCS. The van der Waals surface area contributed by atoms with E-state index < -0.39 is 0 Å². The van der Waals surface area contributed by atoms with Crippen LogP contribution in [0.5, 0.6) is 0 Å². The van der Waals surface area contributed by atoms with Crippen LogP contribution in [0.1, 0.15) is 19.8 Å². The van der Waals surface area contributed by atoms with Crippen molar-refractivity contribution >= 4 is 193 Å². The summed E-state index contributed by atoms with van der Waals surface area (Å²) in [6, 6.07) is 0. The Balaban J connectivity index is 4.55. The van der Waals surface area contributed by atoms with Gasteiger partial charge in [-0.05, 0) is 19.8 Å². The van der Waals surface area contributed by atoms with Gasteiger partial charge in [0.25, 0.3) is 0 Å². The molecule has 0 aromatic carbocycles. The molecule has 0 aromatic heterocycles. The average Bonchev–Trinajstić information content (AvgIpc) is 2.74. The highest BCUT2D eigenvalue weighted by atomic mass is 32.3. The van der Waals surface area contributed by atoms with Crippen molar-refractivity contribution in [3.05, 3.63) is 0 Å². The Bertz CT molecular complexity index is 383. The molecule has 0 amide bonds. The van der Waals surface area contributed by atoms with E-state index in [0.29, 0.717) is 22.9 Å². The highest BCUT2D eigenvalue weighted by Crippen LogP contribution is 2.42. The van der Waals surface area contributed by atoms with Crippen molar-refractivity contribution in [1.29, 1.82) is 0 Å². The summed E-state index contributed by atoms with van der Waals surface area (Å²) >= 11 is 46.5. The zero-order valence-electron chi connectivity index (χ0n) is 17.7. The van der Waals surface area contributed by atoms with Crippen LogP contribution in [0.4, 0.5) is 0 Å². The van der Waals surface area contributed by atoms with Gasteiger partial charge in [-0.1, -0.05) is 0 Å². The molecule has 0 saturated carbocycles. The standard InChI is InChI=1S/C16H34S16/c1-12(22)29-9-23-10-30-14(26-6-19)3-16(28-8-21)32-11-31-15(27-7-20)2-13(24-4-17)25-5-18/h12-22H,2-11H2,1H3. The van der Waals surface area contributed by atoms with Gasteiger partial charge < -0.3 is 0 Å². The summed E-state index contributed by atoms with van der Waals surface area (Å²) in [6.07, 6.45) is 2.34. The highest BCUT2D eigenvalue weighted by Gasteiger charge is 2.21. The lowest BCUT2D eigenvalue weighted by Gasteiger charge is -2.24. The van der Waals surface area contributed by atoms with Gasteiger partial charge in [0.15, 0.2) is 0 Å². The summed E-state index contributed by atoms with van der Waals surface area (Å²) in [7, 11) is 0. The molecular weight excluding hydrogens is 705 g/mol. The topological polar surface area (TPSA) is 0 Å². The van der Waals surface area contributed by atoms with Crippen LogP contribution in [0.2, 0.25) is 0 Å². The summed E-state index contributed by atoms with van der Waals surface area (Å²) in [4.78, 5) is 0. The van der Waals surface area contributed by atoms with Crippen LogP contribution in [-0.4, -0.2) is 63.6 Å². The predicted molar refractivity (Wildman–Crippen MR) is 203 cm³/mol. The third-order valence-corrected chi connectivity index (χ3v) is 18.5. The number of thioether (sulfide) groups is 10. The maximum Gasteiger partial charge on any atom is 0.0537 e. The van der Waals surface area contributed by atoms with Crippen molar-refractivity contribution in [1.82, 2.24) is 0 Å². The number of hydrogen-bond donors (Lipinski definition) is 6. The smallest absolute Gasteiger partial charge is 0.0537 e. The van der Waals surface area contributed by atoms with E-state index in [0.717, 1.165) is 47.1 Å². The van der Waals surface area contributed by atoms with E-state index in [1.165, 1.54) is 6.42 Å². The van der Waals surface area contributed by atoms with E-state index in [9.17, 15) is 0 Å². The normalized spacial score (nSPS) is 15.8. The van der Waals surface area contributed by atoms with Crippen LogP contribution in [-0.2, 0) is 0 Å². The van der Waals surface area contributed by atoms with Crippen LogP contribution >= 0.6 is 193 Å². The van der Waals surface area contributed by atoms with Gasteiger partial charge in [-0.25, -0.2) is 0 Å². The molecule has 0 N–H and O–H groups in total. The molecule has 32 heavy (non-hydrogen) atoms. The van der Waals surface area contributed by atoms with Gasteiger partial charge in [0.1, 0.15) is 0 Å². The molecule has 0 aliphatic rings. The predicted octanol–water partition coefficient (Wildman–Crippen LogP) is 9.99. The summed E-state index contributed by atoms with van der Waals surface area (Å²) in [6.45, 7) is 2.13. The van der Waals surface area contributed by atoms with Gasteiger partial charge in [0, 0.05) is 45.3 Å². The number of hydrogen-bond acceptors (Lipinski definition) is 16. The Morgan fingerprint density at radius 1 is 0.469 bits per heavy atom. The molecule has 0 aliphatic heterocycles. The van der Waals surface area contributed by atoms with Crippen LogP contribution in [0.15, 0.2) is 0 Å². The molecule has 194 valence electrons.